The summed E-state index contributed by atoms with van der Waals surface area (Å²) in [5.74, 6) is -0.995. The summed E-state index contributed by atoms with van der Waals surface area (Å²) < 4.78 is 0. The maximum Gasteiger partial charge on any atom is 0.259 e. The van der Waals surface area contributed by atoms with Gasteiger partial charge in [0.2, 0.25) is 0 Å². The van der Waals surface area contributed by atoms with Crippen molar-refractivity contribution in [3.8, 4) is 11.1 Å². The molecule has 0 saturated heterocycles. The molecule has 4 atom stereocenters. The van der Waals surface area contributed by atoms with Crippen molar-refractivity contribution >= 4 is 33.1 Å². The molecule has 4 rings (SSSR count). The van der Waals surface area contributed by atoms with Crippen LogP contribution in [0.2, 0.25) is 0 Å². The van der Waals surface area contributed by atoms with Crippen LogP contribution in [-0.4, -0.2) is 60.5 Å². The standard InChI is InChI=1S/C31H35NO6/c1-19-14-15-20-10-6-8-12-22(20)25(19)26-23-13-9-7-11-21(23)16-17-24(26)32-27(34)29(3,36)31(5,38)30(4,37)28(2,35)18-33/h6-17,33,35-38H,18H2,1-5H3,(H,32,34). The number of rotatable bonds is 7. The van der Waals surface area contributed by atoms with Crippen LogP contribution < -0.4 is 5.32 Å². The smallest absolute Gasteiger partial charge is 0.259 e. The molecule has 6 N–H and O–H groups in total. The predicted molar refractivity (Wildman–Crippen MR) is 150 cm³/mol. The minimum atomic E-state index is -2.59. The monoisotopic (exact) mass is 517 g/mol. The van der Waals surface area contributed by atoms with E-state index in [4.69, 9.17) is 0 Å². The highest BCUT2D eigenvalue weighted by atomic mass is 16.4. The van der Waals surface area contributed by atoms with Gasteiger partial charge in [0.15, 0.2) is 5.60 Å². The van der Waals surface area contributed by atoms with E-state index in [2.05, 4.69) is 5.32 Å². The Balaban J connectivity index is 1.90. The topological polar surface area (TPSA) is 130 Å². The zero-order valence-corrected chi connectivity index (χ0v) is 22.3. The summed E-state index contributed by atoms with van der Waals surface area (Å²) >= 11 is 0. The number of fused-ring (bicyclic) bond motifs is 2. The van der Waals surface area contributed by atoms with Crippen LogP contribution in [0.4, 0.5) is 5.69 Å². The van der Waals surface area contributed by atoms with Gasteiger partial charge in [-0.05, 0) is 73.4 Å². The Bertz CT molecular complexity index is 1520. The minimum absolute atomic E-state index is 0.401. The number of benzene rings is 4. The fraction of sp³-hybridized carbons (Fsp3) is 0.323. The Labute approximate surface area is 222 Å². The first-order chi connectivity index (χ1) is 17.7. The number of aliphatic hydroxyl groups is 5. The van der Waals surface area contributed by atoms with Crippen molar-refractivity contribution in [3.05, 3.63) is 78.4 Å². The molecule has 200 valence electrons. The van der Waals surface area contributed by atoms with Crippen molar-refractivity contribution in [2.24, 2.45) is 0 Å². The van der Waals surface area contributed by atoms with E-state index in [1.807, 2.05) is 73.7 Å². The van der Waals surface area contributed by atoms with Crippen LogP contribution in [-0.2, 0) is 4.79 Å². The number of nitrogens with one attached hydrogen (secondary N) is 1. The number of aliphatic hydroxyl groups excluding tert-OH is 1. The second-order valence-corrected chi connectivity index (χ2v) is 10.8. The molecule has 4 aromatic rings. The fourth-order valence-corrected chi connectivity index (χ4v) is 4.97. The van der Waals surface area contributed by atoms with Gasteiger partial charge in [0.25, 0.3) is 5.91 Å². The Hall–Kier alpha value is -3.33. The Kier molecular flexibility index (Phi) is 6.89. The van der Waals surface area contributed by atoms with Gasteiger partial charge in [0.1, 0.15) is 16.8 Å². The lowest BCUT2D eigenvalue weighted by molar-refractivity contribution is -0.278. The molecule has 0 heterocycles. The summed E-state index contributed by atoms with van der Waals surface area (Å²) in [6.45, 7) is 5.36. The van der Waals surface area contributed by atoms with Crippen LogP contribution >= 0.6 is 0 Å². The number of carbonyl (C=O) groups excluding carboxylic acids is 1. The van der Waals surface area contributed by atoms with Gasteiger partial charge in [-0.15, -0.1) is 0 Å². The summed E-state index contributed by atoms with van der Waals surface area (Å²) in [4.78, 5) is 13.6. The Morgan fingerprint density at radius 3 is 1.76 bits per heavy atom. The third kappa shape index (κ3) is 4.17. The molecule has 0 aliphatic heterocycles. The van der Waals surface area contributed by atoms with Crippen LogP contribution in [0.25, 0.3) is 32.7 Å². The van der Waals surface area contributed by atoms with Crippen LogP contribution in [0.3, 0.4) is 0 Å². The van der Waals surface area contributed by atoms with E-state index in [1.165, 1.54) is 0 Å². The summed E-state index contributed by atoms with van der Waals surface area (Å²) in [6, 6.07) is 23.3. The van der Waals surface area contributed by atoms with Crippen molar-refractivity contribution in [2.75, 3.05) is 11.9 Å². The van der Waals surface area contributed by atoms with E-state index in [0.29, 0.717) is 5.69 Å². The molecule has 4 aromatic carbocycles. The lowest BCUT2D eigenvalue weighted by atomic mass is 9.66. The zero-order valence-electron chi connectivity index (χ0n) is 22.3. The van der Waals surface area contributed by atoms with Crippen molar-refractivity contribution in [1.82, 2.24) is 0 Å². The Morgan fingerprint density at radius 1 is 0.711 bits per heavy atom. The van der Waals surface area contributed by atoms with Crippen molar-refractivity contribution in [3.63, 3.8) is 0 Å². The van der Waals surface area contributed by atoms with Gasteiger partial charge >= 0.3 is 0 Å². The average molecular weight is 518 g/mol. The maximum absolute atomic E-state index is 13.6. The van der Waals surface area contributed by atoms with Gasteiger partial charge < -0.3 is 30.8 Å². The summed E-state index contributed by atoms with van der Waals surface area (Å²) in [5, 5.41) is 60.5. The molecule has 38 heavy (non-hydrogen) atoms. The third-order valence-electron chi connectivity index (χ3n) is 8.26. The zero-order chi connectivity index (χ0) is 28.1. The van der Waals surface area contributed by atoms with Crippen molar-refractivity contribution in [2.45, 2.75) is 57.0 Å². The number of anilines is 1. The second-order valence-electron chi connectivity index (χ2n) is 10.8. The van der Waals surface area contributed by atoms with Crippen LogP contribution in [0.15, 0.2) is 72.8 Å². The number of carbonyl (C=O) groups is 1. The first kappa shape index (κ1) is 27.7. The molecular formula is C31H35NO6. The van der Waals surface area contributed by atoms with E-state index >= 15 is 0 Å². The summed E-state index contributed by atoms with van der Waals surface area (Å²) in [7, 11) is 0. The van der Waals surface area contributed by atoms with E-state index in [9.17, 15) is 30.3 Å². The van der Waals surface area contributed by atoms with E-state index < -0.39 is 34.9 Å². The average Bonchev–Trinajstić information content (AvgIpc) is 2.88. The molecule has 0 spiro atoms. The molecule has 1 amide bonds. The van der Waals surface area contributed by atoms with Crippen LogP contribution in [0, 0.1) is 6.92 Å². The molecule has 7 heteroatoms. The number of aryl methyl sites for hydroxylation is 1. The number of hydrogen-bond donors (Lipinski definition) is 6. The second kappa shape index (κ2) is 9.45. The number of amides is 1. The van der Waals surface area contributed by atoms with Crippen LogP contribution in [0.5, 0.6) is 0 Å². The summed E-state index contributed by atoms with van der Waals surface area (Å²) in [6.07, 6.45) is 0. The van der Waals surface area contributed by atoms with Gasteiger partial charge in [0, 0.05) is 11.3 Å². The van der Waals surface area contributed by atoms with Gasteiger partial charge in [0.05, 0.1) is 6.61 Å². The lowest BCUT2D eigenvalue weighted by Crippen LogP contribution is -2.75. The van der Waals surface area contributed by atoms with Crippen molar-refractivity contribution < 1.29 is 30.3 Å². The van der Waals surface area contributed by atoms with Crippen LogP contribution in [0.1, 0.15) is 33.3 Å². The molecule has 0 aromatic heterocycles. The van der Waals surface area contributed by atoms with E-state index in [1.54, 1.807) is 6.07 Å². The molecule has 0 saturated carbocycles. The van der Waals surface area contributed by atoms with Crippen molar-refractivity contribution in [1.29, 1.82) is 0 Å². The minimum Gasteiger partial charge on any atom is -0.393 e. The third-order valence-corrected chi connectivity index (χ3v) is 8.26. The lowest BCUT2D eigenvalue weighted by Gasteiger charge is -2.51. The summed E-state index contributed by atoms with van der Waals surface area (Å²) in [5.41, 5.74) is -6.83. The predicted octanol–water partition coefficient (Wildman–Crippen LogP) is 3.90. The molecule has 0 aliphatic rings. The largest absolute Gasteiger partial charge is 0.393 e. The highest BCUT2D eigenvalue weighted by Crippen LogP contribution is 2.43. The van der Waals surface area contributed by atoms with Gasteiger partial charge in [-0.25, -0.2) is 0 Å². The molecule has 4 unspecified atom stereocenters. The molecule has 0 bridgehead atoms. The number of hydrogen-bond acceptors (Lipinski definition) is 6. The molecule has 0 radical (unpaired) electrons. The van der Waals surface area contributed by atoms with E-state index in [-0.39, 0.29) is 0 Å². The molecular weight excluding hydrogens is 482 g/mol. The maximum atomic E-state index is 13.6. The SMILES string of the molecule is Cc1ccc2ccccc2c1-c1c(NC(=O)C(C)(O)C(C)(O)C(C)(O)C(C)(O)CO)ccc2ccccc12. The first-order valence-electron chi connectivity index (χ1n) is 12.5. The normalized spacial score (nSPS) is 18.3. The highest BCUT2D eigenvalue weighted by molar-refractivity contribution is 6.13. The molecule has 0 aliphatic carbocycles. The van der Waals surface area contributed by atoms with Gasteiger partial charge in [-0.2, -0.15) is 0 Å². The molecule has 7 nitrogen and oxygen atoms in total. The highest BCUT2D eigenvalue weighted by Gasteiger charge is 2.64. The van der Waals surface area contributed by atoms with E-state index in [0.717, 1.165) is 65.9 Å². The van der Waals surface area contributed by atoms with Gasteiger partial charge in [-0.1, -0.05) is 66.7 Å². The molecule has 0 fully saturated rings. The van der Waals surface area contributed by atoms with Gasteiger partial charge in [-0.3, -0.25) is 4.79 Å². The Morgan fingerprint density at radius 2 is 1.21 bits per heavy atom. The quantitative estimate of drug-likeness (QED) is 0.221. The fourth-order valence-electron chi connectivity index (χ4n) is 4.97. The first-order valence-corrected chi connectivity index (χ1v) is 12.5.